The number of hydrogen-bond donors (Lipinski definition) is 2. The third-order valence-corrected chi connectivity index (χ3v) is 5.30. The molecule has 30 heavy (non-hydrogen) atoms. The van der Waals surface area contributed by atoms with E-state index in [9.17, 15) is 5.11 Å². The van der Waals surface area contributed by atoms with Crippen LogP contribution in [0.1, 0.15) is 29.0 Å². The summed E-state index contributed by atoms with van der Waals surface area (Å²) in [6.07, 6.45) is 6.05. The van der Waals surface area contributed by atoms with E-state index in [1.165, 1.54) is 17.5 Å². The fraction of sp³-hybridized carbons (Fsp3) is 0.154. The molecule has 2 N–H and O–H groups in total. The molecule has 4 aromatic rings. The van der Waals surface area contributed by atoms with Crippen LogP contribution in [0.3, 0.4) is 0 Å². The summed E-state index contributed by atoms with van der Waals surface area (Å²) in [7, 11) is 0. The van der Waals surface area contributed by atoms with Crippen molar-refractivity contribution in [2.75, 3.05) is 6.54 Å². The molecular weight excluding hydrogens is 370 g/mol. The van der Waals surface area contributed by atoms with E-state index in [1.807, 2.05) is 12.1 Å². The summed E-state index contributed by atoms with van der Waals surface area (Å²) in [6.45, 7) is 1.44. The SMILES string of the molecule is Oc1ccc(-c2cncnc2)cc1CNCCC(c1ccccc1)c1ccccc1. The van der Waals surface area contributed by atoms with Gasteiger partial charge in [0, 0.05) is 36.0 Å². The number of aromatic hydroxyl groups is 1. The van der Waals surface area contributed by atoms with E-state index >= 15 is 0 Å². The van der Waals surface area contributed by atoms with E-state index < -0.39 is 0 Å². The third kappa shape index (κ3) is 4.91. The number of nitrogens with one attached hydrogen (secondary N) is 1. The highest BCUT2D eigenvalue weighted by atomic mass is 16.3. The Morgan fingerprint density at radius 2 is 1.40 bits per heavy atom. The lowest BCUT2D eigenvalue weighted by atomic mass is 9.88. The van der Waals surface area contributed by atoms with Gasteiger partial charge in [0.2, 0.25) is 0 Å². The Balaban J connectivity index is 1.42. The van der Waals surface area contributed by atoms with Gasteiger partial charge in [-0.2, -0.15) is 0 Å². The van der Waals surface area contributed by atoms with E-state index in [-0.39, 0.29) is 0 Å². The van der Waals surface area contributed by atoms with Gasteiger partial charge in [0.05, 0.1) is 0 Å². The lowest BCUT2D eigenvalue weighted by Gasteiger charge is -2.18. The van der Waals surface area contributed by atoms with Gasteiger partial charge in [0.15, 0.2) is 0 Å². The molecule has 0 radical (unpaired) electrons. The minimum Gasteiger partial charge on any atom is -0.508 e. The molecule has 4 heteroatoms. The maximum absolute atomic E-state index is 10.3. The highest BCUT2D eigenvalue weighted by Crippen LogP contribution is 2.28. The quantitative estimate of drug-likeness (QED) is 0.405. The number of phenolic OH excluding ortho intramolecular Hbond substituents is 1. The van der Waals surface area contributed by atoms with E-state index in [0.717, 1.165) is 29.7 Å². The second-order valence-electron chi connectivity index (χ2n) is 7.31. The number of aromatic nitrogens is 2. The average molecular weight is 396 g/mol. The zero-order valence-electron chi connectivity index (χ0n) is 16.8. The predicted molar refractivity (Wildman–Crippen MR) is 120 cm³/mol. The Bertz CT molecular complexity index is 1010. The van der Waals surface area contributed by atoms with Crippen molar-refractivity contribution in [3.05, 3.63) is 114 Å². The second-order valence-corrected chi connectivity index (χ2v) is 7.31. The smallest absolute Gasteiger partial charge is 0.120 e. The van der Waals surface area contributed by atoms with E-state index in [4.69, 9.17) is 0 Å². The molecule has 0 amide bonds. The summed E-state index contributed by atoms with van der Waals surface area (Å²) >= 11 is 0. The number of phenols is 1. The van der Waals surface area contributed by atoms with Gasteiger partial charge in [-0.3, -0.25) is 0 Å². The van der Waals surface area contributed by atoms with Crippen molar-refractivity contribution in [3.63, 3.8) is 0 Å². The number of hydrogen-bond acceptors (Lipinski definition) is 4. The summed E-state index contributed by atoms with van der Waals surface area (Å²) in [6, 6.07) is 26.8. The van der Waals surface area contributed by atoms with Crippen LogP contribution in [0.2, 0.25) is 0 Å². The van der Waals surface area contributed by atoms with Crippen molar-refractivity contribution in [2.45, 2.75) is 18.9 Å². The van der Waals surface area contributed by atoms with Crippen LogP contribution in [-0.4, -0.2) is 21.6 Å². The first-order valence-electron chi connectivity index (χ1n) is 10.2. The first kappa shape index (κ1) is 19.8. The van der Waals surface area contributed by atoms with Crippen LogP contribution < -0.4 is 5.32 Å². The topological polar surface area (TPSA) is 58.0 Å². The largest absolute Gasteiger partial charge is 0.508 e. The summed E-state index contributed by atoms with van der Waals surface area (Å²) in [4.78, 5) is 8.15. The van der Waals surface area contributed by atoms with E-state index in [1.54, 1.807) is 18.5 Å². The zero-order valence-corrected chi connectivity index (χ0v) is 16.8. The van der Waals surface area contributed by atoms with Crippen molar-refractivity contribution >= 4 is 0 Å². The fourth-order valence-corrected chi connectivity index (χ4v) is 3.72. The summed E-state index contributed by atoms with van der Waals surface area (Å²) in [5.74, 6) is 0.632. The first-order valence-corrected chi connectivity index (χ1v) is 10.2. The molecule has 0 unspecified atom stereocenters. The first-order chi connectivity index (χ1) is 14.8. The molecule has 0 atom stereocenters. The van der Waals surface area contributed by atoms with Crippen molar-refractivity contribution in [1.82, 2.24) is 15.3 Å². The molecule has 1 aromatic heterocycles. The molecule has 0 aliphatic heterocycles. The standard InChI is InChI=1S/C26H25N3O/c30-26-12-11-22(24-17-28-19-29-18-24)15-23(26)16-27-14-13-25(20-7-3-1-4-8-20)21-9-5-2-6-10-21/h1-12,15,17-19,25,27,30H,13-14,16H2. The molecule has 0 saturated carbocycles. The van der Waals surface area contributed by atoms with E-state index in [0.29, 0.717) is 18.2 Å². The normalized spacial score (nSPS) is 11.0. The summed E-state index contributed by atoms with van der Waals surface area (Å²) in [5, 5.41) is 13.8. The van der Waals surface area contributed by atoms with Crippen molar-refractivity contribution in [3.8, 4) is 16.9 Å². The zero-order chi connectivity index (χ0) is 20.6. The van der Waals surface area contributed by atoms with Crippen molar-refractivity contribution in [1.29, 1.82) is 0 Å². The number of rotatable bonds is 8. The number of benzene rings is 3. The molecule has 0 fully saturated rings. The minimum absolute atomic E-state index is 0.297. The lowest BCUT2D eigenvalue weighted by molar-refractivity contribution is 0.464. The van der Waals surface area contributed by atoms with Gasteiger partial charge in [-0.15, -0.1) is 0 Å². The molecule has 3 aromatic carbocycles. The minimum atomic E-state index is 0.297. The second kappa shape index (κ2) is 9.81. The average Bonchev–Trinajstić information content (AvgIpc) is 2.82. The Kier molecular flexibility index (Phi) is 6.47. The van der Waals surface area contributed by atoms with Crippen LogP contribution in [-0.2, 0) is 6.54 Å². The molecule has 1 heterocycles. The summed E-state index contributed by atoms with van der Waals surface area (Å²) in [5.41, 5.74) is 5.44. The van der Waals surface area contributed by atoms with Crippen LogP contribution in [0.4, 0.5) is 0 Å². The van der Waals surface area contributed by atoms with Gasteiger partial charge in [-0.05, 0) is 41.8 Å². The molecule has 0 saturated heterocycles. The number of nitrogens with zero attached hydrogens (tertiary/aromatic N) is 2. The van der Waals surface area contributed by atoms with Crippen LogP contribution in [0, 0.1) is 0 Å². The molecule has 0 aliphatic carbocycles. The Morgan fingerprint density at radius 1 is 0.767 bits per heavy atom. The lowest BCUT2D eigenvalue weighted by Crippen LogP contribution is -2.18. The molecule has 0 aliphatic rings. The Morgan fingerprint density at radius 3 is 2.03 bits per heavy atom. The van der Waals surface area contributed by atoms with Gasteiger partial charge in [0.1, 0.15) is 12.1 Å². The van der Waals surface area contributed by atoms with E-state index in [2.05, 4.69) is 75.9 Å². The van der Waals surface area contributed by atoms with Crippen molar-refractivity contribution in [2.24, 2.45) is 0 Å². The van der Waals surface area contributed by atoms with Crippen LogP contribution >= 0.6 is 0 Å². The highest BCUT2D eigenvalue weighted by molar-refractivity contribution is 5.63. The van der Waals surface area contributed by atoms with Gasteiger partial charge in [0.25, 0.3) is 0 Å². The predicted octanol–water partition coefficient (Wildman–Crippen LogP) is 5.16. The molecule has 0 bridgehead atoms. The summed E-state index contributed by atoms with van der Waals surface area (Å²) < 4.78 is 0. The molecule has 4 nitrogen and oxygen atoms in total. The highest BCUT2D eigenvalue weighted by Gasteiger charge is 2.13. The van der Waals surface area contributed by atoms with Gasteiger partial charge < -0.3 is 10.4 Å². The van der Waals surface area contributed by atoms with Crippen molar-refractivity contribution < 1.29 is 5.11 Å². The molecular formula is C26H25N3O. The monoisotopic (exact) mass is 395 g/mol. The molecule has 0 spiro atoms. The van der Waals surface area contributed by atoms with Gasteiger partial charge in [-0.25, -0.2) is 9.97 Å². The third-order valence-electron chi connectivity index (χ3n) is 5.30. The molecule has 4 rings (SSSR count). The van der Waals surface area contributed by atoms with Crippen LogP contribution in [0.25, 0.3) is 11.1 Å². The Labute approximate surface area is 177 Å². The maximum atomic E-state index is 10.3. The fourth-order valence-electron chi connectivity index (χ4n) is 3.72. The maximum Gasteiger partial charge on any atom is 0.120 e. The van der Waals surface area contributed by atoms with Gasteiger partial charge in [-0.1, -0.05) is 66.7 Å². The van der Waals surface area contributed by atoms with Crippen LogP contribution in [0.5, 0.6) is 5.75 Å². The molecule has 150 valence electrons. The van der Waals surface area contributed by atoms with Crippen LogP contribution in [0.15, 0.2) is 97.6 Å². The van der Waals surface area contributed by atoms with Gasteiger partial charge >= 0.3 is 0 Å². The Hall–Kier alpha value is -3.50.